The minimum absolute atomic E-state index is 0.192. The molecular weight excluding hydrogens is 264 g/mol. The van der Waals surface area contributed by atoms with Crippen molar-refractivity contribution in [2.24, 2.45) is 0 Å². The third-order valence-corrected chi connectivity index (χ3v) is 3.66. The minimum atomic E-state index is -0.588. The van der Waals surface area contributed by atoms with Crippen LogP contribution in [0.5, 0.6) is 0 Å². The summed E-state index contributed by atoms with van der Waals surface area (Å²) in [6.07, 6.45) is -0.396. The van der Waals surface area contributed by atoms with Crippen molar-refractivity contribution in [1.82, 2.24) is 10.2 Å². The van der Waals surface area contributed by atoms with Crippen molar-refractivity contribution in [2.45, 2.75) is 12.2 Å². The molecule has 1 aliphatic rings. The SMILES string of the molecule is CN1CCO[C@@H](CNC[C@H](O)c2ccccc2Cl)C1. The van der Waals surface area contributed by atoms with E-state index in [1.807, 2.05) is 18.2 Å². The molecule has 1 heterocycles. The van der Waals surface area contributed by atoms with Gasteiger partial charge in [0.15, 0.2) is 0 Å². The van der Waals surface area contributed by atoms with Crippen molar-refractivity contribution in [3.63, 3.8) is 0 Å². The summed E-state index contributed by atoms with van der Waals surface area (Å²) < 4.78 is 5.65. The largest absolute Gasteiger partial charge is 0.387 e. The molecule has 0 unspecified atom stereocenters. The van der Waals surface area contributed by atoms with Gasteiger partial charge in [-0.1, -0.05) is 29.8 Å². The highest BCUT2D eigenvalue weighted by Gasteiger charge is 2.18. The van der Waals surface area contributed by atoms with Crippen LogP contribution in [0.3, 0.4) is 0 Å². The van der Waals surface area contributed by atoms with Gasteiger partial charge in [0.25, 0.3) is 0 Å². The Bertz CT molecular complexity index is 403. The first-order chi connectivity index (χ1) is 9.16. The number of likely N-dealkylation sites (N-methyl/N-ethyl adjacent to an activating group) is 1. The molecule has 0 saturated carbocycles. The Kier molecular flexibility index (Phi) is 5.60. The summed E-state index contributed by atoms with van der Waals surface area (Å²) in [5, 5.41) is 13.9. The Morgan fingerprint density at radius 2 is 2.32 bits per heavy atom. The molecule has 2 atom stereocenters. The normalized spacial score (nSPS) is 22.4. The Morgan fingerprint density at radius 1 is 1.53 bits per heavy atom. The lowest BCUT2D eigenvalue weighted by molar-refractivity contribution is -0.0191. The third-order valence-electron chi connectivity index (χ3n) is 3.32. The molecule has 5 heteroatoms. The molecule has 0 spiro atoms. The molecular formula is C14H21ClN2O2. The number of nitrogens with one attached hydrogen (secondary N) is 1. The number of rotatable bonds is 5. The Hall–Kier alpha value is -0.650. The average molecular weight is 285 g/mol. The molecule has 1 aliphatic heterocycles. The van der Waals surface area contributed by atoms with Gasteiger partial charge < -0.3 is 20.1 Å². The molecule has 1 aromatic rings. The average Bonchev–Trinajstić information content (AvgIpc) is 2.39. The number of aliphatic hydroxyl groups excluding tert-OH is 1. The first-order valence-electron chi connectivity index (χ1n) is 6.60. The second-order valence-electron chi connectivity index (χ2n) is 4.95. The van der Waals surface area contributed by atoms with E-state index in [0.29, 0.717) is 11.6 Å². The maximum absolute atomic E-state index is 10.1. The fraction of sp³-hybridized carbons (Fsp3) is 0.571. The van der Waals surface area contributed by atoms with E-state index < -0.39 is 6.10 Å². The van der Waals surface area contributed by atoms with E-state index in [0.717, 1.165) is 31.8 Å². The lowest BCUT2D eigenvalue weighted by Crippen LogP contribution is -2.45. The van der Waals surface area contributed by atoms with Gasteiger partial charge in [-0.2, -0.15) is 0 Å². The summed E-state index contributed by atoms with van der Waals surface area (Å²) in [6, 6.07) is 7.38. The van der Waals surface area contributed by atoms with Crippen molar-refractivity contribution in [3.8, 4) is 0 Å². The van der Waals surface area contributed by atoms with Crippen molar-refractivity contribution < 1.29 is 9.84 Å². The molecule has 4 nitrogen and oxygen atoms in total. The molecule has 1 saturated heterocycles. The van der Waals surface area contributed by atoms with Gasteiger partial charge in [0.2, 0.25) is 0 Å². The first-order valence-corrected chi connectivity index (χ1v) is 6.98. The van der Waals surface area contributed by atoms with Gasteiger partial charge in [-0.15, -0.1) is 0 Å². The molecule has 106 valence electrons. The monoisotopic (exact) mass is 284 g/mol. The maximum Gasteiger partial charge on any atom is 0.0928 e. The summed E-state index contributed by atoms with van der Waals surface area (Å²) in [4.78, 5) is 2.25. The topological polar surface area (TPSA) is 44.7 Å². The van der Waals surface area contributed by atoms with E-state index in [4.69, 9.17) is 16.3 Å². The molecule has 2 rings (SSSR count). The van der Waals surface area contributed by atoms with Gasteiger partial charge >= 0.3 is 0 Å². The number of aliphatic hydroxyl groups is 1. The lowest BCUT2D eigenvalue weighted by Gasteiger charge is -2.30. The zero-order valence-electron chi connectivity index (χ0n) is 11.2. The van der Waals surface area contributed by atoms with Gasteiger partial charge in [-0.25, -0.2) is 0 Å². The van der Waals surface area contributed by atoms with Crippen LogP contribution in [-0.2, 0) is 4.74 Å². The minimum Gasteiger partial charge on any atom is -0.387 e. The number of nitrogens with zero attached hydrogens (tertiary/aromatic N) is 1. The van der Waals surface area contributed by atoms with Gasteiger partial charge in [0.05, 0.1) is 18.8 Å². The van der Waals surface area contributed by atoms with Gasteiger partial charge in [-0.05, 0) is 13.1 Å². The Balaban J connectivity index is 1.75. The number of benzene rings is 1. The summed E-state index contributed by atoms with van der Waals surface area (Å²) in [5.41, 5.74) is 0.762. The summed E-state index contributed by atoms with van der Waals surface area (Å²) in [7, 11) is 2.09. The van der Waals surface area contributed by atoms with Gasteiger partial charge in [0, 0.05) is 36.8 Å². The van der Waals surface area contributed by atoms with Crippen molar-refractivity contribution in [2.75, 3.05) is 39.8 Å². The van der Waals surface area contributed by atoms with E-state index in [1.165, 1.54) is 0 Å². The van der Waals surface area contributed by atoms with Crippen molar-refractivity contribution in [3.05, 3.63) is 34.9 Å². The summed E-state index contributed by atoms with van der Waals surface area (Å²) in [6.45, 7) is 3.91. The van der Waals surface area contributed by atoms with Crippen LogP contribution >= 0.6 is 11.6 Å². The molecule has 0 amide bonds. The summed E-state index contributed by atoms with van der Waals surface area (Å²) in [5.74, 6) is 0. The lowest BCUT2D eigenvalue weighted by atomic mass is 10.1. The smallest absolute Gasteiger partial charge is 0.0928 e. The highest BCUT2D eigenvalue weighted by atomic mass is 35.5. The van der Waals surface area contributed by atoms with E-state index in [9.17, 15) is 5.11 Å². The molecule has 19 heavy (non-hydrogen) atoms. The predicted octanol–water partition coefficient (Wildman–Crippen LogP) is 1.29. The molecule has 2 N–H and O–H groups in total. The number of morpholine rings is 1. The fourth-order valence-electron chi connectivity index (χ4n) is 2.23. The van der Waals surface area contributed by atoms with E-state index in [2.05, 4.69) is 17.3 Å². The van der Waals surface area contributed by atoms with E-state index in [1.54, 1.807) is 6.07 Å². The van der Waals surface area contributed by atoms with E-state index >= 15 is 0 Å². The fourth-order valence-corrected chi connectivity index (χ4v) is 2.49. The van der Waals surface area contributed by atoms with Crippen LogP contribution in [0, 0.1) is 0 Å². The number of ether oxygens (including phenoxy) is 1. The summed E-state index contributed by atoms with van der Waals surface area (Å²) >= 11 is 6.05. The van der Waals surface area contributed by atoms with Crippen LogP contribution in [0.25, 0.3) is 0 Å². The molecule has 0 bridgehead atoms. The van der Waals surface area contributed by atoms with Crippen LogP contribution < -0.4 is 5.32 Å². The molecule has 1 aromatic carbocycles. The maximum atomic E-state index is 10.1. The molecule has 0 radical (unpaired) electrons. The van der Waals surface area contributed by atoms with Crippen molar-refractivity contribution in [1.29, 1.82) is 0 Å². The molecule has 0 aliphatic carbocycles. The Labute approximate surface area is 119 Å². The van der Waals surface area contributed by atoms with Crippen LogP contribution in [0.4, 0.5) is 0 Å². The highest BCUT2D eigenvalue weighted by molar-refractivity contribution is 6.31. The number of halogens is 1. The van der Waals surface area contributed by atoms with E-state index in [-0.39, 0.29) is 6.10 Å². The zero-order valence-corrected chi connectivity index (χ0v) is 11.9. The standard InChI is InChI=1S/C14H21ClN2O2/c1-17-6-7-19-11(10-17)8-16-9-14(18)12-4-2-3-5-13(12)15/h2-5,11,14,16,18H,6-10H2,1H3/t11-,14-/m0/s1. The zero-order chi connectivity index (χ0) is 13.7. The van der Waals surface area contributed by atoms with Gasteiger partial charge in [0.1, 0.15) is 0 Å². The second kappa shape index (κ2) is 7.22. The predicted molar refractivity (Wildman–Crippen MR) is 76.5 cm³/mol. The van der Waals surface area contributed by atoms with Gasteiger partial charge in [-0.3, -0.25) is 0 Å². The van der Waals surface area contributed by atoms with Crippen LogP contribution in [0.15, 0.2) is 24.3 Å². The first kappa shape index (κ1) is 14.8. The van der Waals surface area contributed by atoms with Crippen molar-refractivity contribution >= 4 is 11.6 Å². The highest BCUT2D eigenvalue weighted by Crippen LogP contribution is 2.21. The third kappa shape index (κ3) is 4.44. The van der Waals surface area contributed by atoms with Crippen LogP contribution in [0.2, 0.25) is 5.02 Å². The Morgan fingerprint density at radius 3 is 3.05 bits per heavy atom. The molecule has 1 fully saturated rings. The second-order valence-corrected chi connectivity index (χ2v) is 5.36. The number of hydrogen-bond acceptors (Lipinski definition) is 4. The number of hydrogen-bond donors (Lipinski definition) is 2. The quantitative estimate of drug-likeness (QED) is 0.855. The van der Waals surface area contributed by atoms with Crippen LogP contribution in [0.1, 0.15) is 11.7 Å². The van der Waals surface area contributed by atoms with Crippen LogP contribution in [-0.4, -0.2) is 55.9 Å². The molecule has 0 aromatic heterocycles.